The number of aromatic nitrogens is 2. The van der Waals surface area contributed by atoms with E-state index in [9.17, 15) is 4.79 Å². The number of carbonyl (C=O) groups is 1. The fourth-order valence-electron chi connectivity index (χ4n) is 3.87. The number of rotatable bonds is 3. The second-order valence-corrected chi connectivity index (χ2v) is 7.32. The summed E-state index contributed by atoms with van der Waals surface area (Å²) in [7, 11) is 0. The van der Waals surface area contributed by atoms with Crippen LogP contribution in [0.2, 0.25) is 0 Å². The van der Waals surface area contributed by atoms with E-state index in [-0.39, 0.29) is 0 Å². The third kappa shape index (κ3) is 2.64. The molecule has 4 nitrogen and oxygen atoms in total. The smallest absolute Gasteiger partial charge is 0.225 e. The van der Waals surface area contributed by atoms with Gasteiger partial charge < -0.3 is 9.47 Å². The summed E-state index contributed by atoms with van der Waals surface area (Å²) < 4.78 is 2.37. The number of hydrogen-bond acceptors (Lipinski definition) is 2. The number of fused-ring (bicyclic) bond motifs is 1. The van der Waals surface area contributed by atoms with Crippen molar-refractivity contribution in [3.63, 3.8) is 0 Å². The highest BCUT2D eigenvalue weighted by atomic mass is 16.2. The summed E-state index contributed by atoms with van der Waals surface area (Å²) in [4.78, 5) is 19.5. The third-order valence-electron chi connectivity index (χ3n) is 5.16. The van der Waals surface area contributed by atoms with Crippen LogP contribution in [-0.2, 0) is 4.79 Å². The molecule has 23 heavy (non-hydrogen) atoms. The number of imidazole rings is 1. The fourth-order valence-corrected chi connectivity index (χ4v) is 3.87. The first kappa shape index (κ1) is 14.7. The van der Waals surface area contributed by atoms with Crippen LogP contribution in [-0.4, -0.2) is 33.4 Å². The van der Waals surface area contributed by atoms with Gasteiger partial charge in [0, 0.05) is 31.0 Å². The number of likely N-dealkylation sites (tertiary alicyclic amines) is 1. The number of carbonyl (C=O) groups excluding carboxylic acids is 1. The van der Waals surface area contributed by atoms with Crippen LogP contribution in [0.15, 0.2) is 24.3 Å². The van der Waals surface area contributed by atoms with Crippen molar-refractivity contribution in [2.24, 2.45) is 5.92 Å². The van der Waals surface area contributed by atoms with Gasteiger partial charge in [-0.3, -0.25) is 4.79 Å². The quantitative estimate of drug-likeness (QED) is 0.866. The van der Waals surface area contributed by atoms with Crippen LogP contribution in [0, 0.1) is 5.92 Å². The topological polar surface area (TPSA) is 38.1 Å². The summed E-state index contributed by atoms with van der Waals surface area (Å²) in [6.07, 6.45) is 4.39. The van der Waals surface area contributed by atoms with E-state index in [0.29, 0.717) is 23.8 Å². The van der Waals surface area contributed by atoms with E-state index in [2.05, 4.69) is 41.5 Å². The highest BCUT2D eigenvalue weighted by Gasteiger charge is 2.36. The van der Waals surface area contributed by atoms with E-state index < -0.39 is 0 Å². The molecule has 1 saturated carbocycles. The first-order valence-electron chi connectivity index (χ1n) is 8.91. The highest BCUT2D eigenvalue weighted by Crippen LogP contribution is 2.35. The molecule has 4 heteroatoms. The van der Waals surface area contributed by atoms with Crippen molar-refractivity contribution in [1.82, 2.24) is 14.5 Å². The van der Waals surface area contributed by atoms with Gasteiger partial charge in [-0.2, -0.15) is 0 Å². The average Bonchev–Trinajstić information content (AvgIpc) is 3.33. The van der Waals surface area contributed by atoms with Crippen molar-refractivity contribution >= 4 is 16.9 Å². The third-order valence-corrected chi connectivity index (χ3v) is 5.16. The molecule has 1 saturated heterocycles. The minimum atomic E-state index is 0.317. The van der Waals surface area contributed by atoms with E-state index >= 15 is 0 Å². The van der Waals surface area contributed by atoms with Gasteiger partial charge in [0.2, 0.25) is 5.91 Å². The van der Waals surface area contributed by atoms with Crippen LogP contribution < -0.4 is 0 Å². The van der Waals surface area contributed by atoms with Gasteiger partial charge in [0.25, 0.3) is 0 Å². The summed E-state index contributed by atoms with van der Waals surface area (Å²) in [5.41, 5.74) is 2.28. The van der Waals surface area contributed by atoms with Crippen LogP contribution >= 0.6 is 0 Å². The van der Waals surface area contributed by atoms with Gasteiger partial charge in [0.1, 0.15) is 5.82 Å². The minimum absolute atomic E-state index is 0.317. The number of piperidine rings is 1. The van der Waals surface area contributed by atoms with E-state index in [1.54, 1.807) is 0 Å². The molecule has 0 radical (unpaired) electrons. The fraction of sp³-hybridized carbons (Fsp3) is 0.579. The van der Waals surface area contributed by atoms with Gasteiger partial charge in [-0.1, -0.05) is 12.1 Å². The van der Waals surface area contributed by atoms with E-state index in [1.165, 1.54) is 5.52 Å². The number of nitrogens with zero attached hydrogens (tertiary/aromatic N) is 3. The van der Waals surface area contributed by atoms with Crippen molar-refractivity contribution in [2.45, 2.75) is 51.5 Å². The molecule has 2 aliphatic rings. The molecule has 2 heterocycles. The van der Waals surface area contributed by atoms with Crippen LogP contribution in [0.4, 0.5) is 0 Å². The molecule has 122 valence electrons. The van der Waals surface area contributed by atoms with Gasteiger partial charge in [-0.15, -0.1) is 0 Å². The lowest BCUT2D eigenvalue weighted by molar-refractivity contribution is -0.133. The Morgan fingerprint density at radius 2 is 2.00 bits per heavy atom. The molecular weight excluding hydrogens is 286 g/mol. The molecule has 1 amide bonds. The lowest BCUT2D eigenvalue weighted by Gasteiger charge is -2.33. The van der Waals surface area contributed by atoms with Crippen LogP contribution in [0.1, 0.15) is 57.3 Å². The average molecular weight is 311 g/mol. The second kappa shape index (κ2) is 5.66. The monoisotopic (exact) mass is 311 g/mol. The molecule has 2 fully saturated rings. The SMILES string of the molecule is CC(C)n1c(C2CCCN(C(=O)C3CC3)C2)nc2ccccc21. The van der Waals surface area contributed by atoms with Gasteiger partial charge in [-0.05, 0) is 51.7 Å². The Labute approximate surface area is 137 Å². The maximum Gasteiger partial charge on any atom is 0.225 e. The molecule has 0 spiro atoms. The first-order valence-corrected chi connectivity index (χ1v) is 8.91. The Morgan fingerprint density at radius 1 is 1.22 bits per heavy atom. The molecule has 1 unspecified atom stereocenters. The lowest BCUT2D eigenvalue weighted by Crippen LogP contribution is -2.40. The normalized spacial score (nSPS) is 22.0. The molecular formula is C19H25N3O. The Kier molecular flexibility index (Phi) is 3.63. The van der Waals surface area contributed by atoms with Crippen LogP contribution in [0.5, 0.6) is 0 Å². The summed E-state index contributed by atoms with van der Waals surface area (Å²) in [6, 6.07) is 8.76. The molecule has 1 aliphatic heterocycles. The maximum atomic E-state index is 12.4. The zero-order valence-electron chi connectivity index (χ0n) is 14.0. The highest BCUT2D eigenvalue weighted by molar-refractivity contribution is 5.81. The molecule has 0 N–H and O–H groups in total. The first-order chi connectivity index (χ1) is 11.1. The Hall–Kier alpha value is -1.84. The van der Waals surface area contributed by atoms with Crippen molar-refractivity contribution in [3.8, 4) is 0 Å². The zero-order chi connectivity index (χ0) is 16.0. The predicted molar refractivity (Wildman–Crippen MR) is 91.4 cm³/mol. The number of hydrogen-bond donors (Lipinski definition) is 0. The molecule has 1 aromatic carbocycles. The largest absolute Gasteiger partial charge is 0.342 e. The van der Waals surface area contributed by atoms with Crippen LogP contribution in [0.25, 0.3) is 11.0 Å². The number of benzene rings is 1. The summed E-state index contributed by atoms with van der Waals surface area (Å²) in [5, 5.41) is 0. The minimum Gasteiger partial charge on any atom is -0.342 e. The van der Waals surface area contributed by atoms with E-state index in [0.717, 1.165) is 50.1 Å². The van der Waals surface area contributed by atoms with Gasteiger partial charge in [0.15, 0.2) is 0 Å². The van der Waals surface area contributed by atoms with Crippen molar-refractivity contribution in [2.75, 3.05) is 13.1 Å². The Bertz CT molecular complexity index is 729. The lowest BCUT2D eigenvalue weighted by atomic mass is 9.96. The molecule has 2 aromatic rings. The molecule has 1 aliphatic carbocycles. The Balaban J connectivity index is 1.67. The molecule has 0 bridgehead atoms. The number of amides is 1. The second-order valence-electron chi connectivity index (χ2n) is 7.32. The van der Waals surface area contributed by atoms with E-state index in [1.807, 2.05) is 6.07 Å². The summed E-state index contributed by atoms with van der Waals surface area (Å²) in [5.74, 6) is 2.22. The van der Waals surface area contributed by atoms with Gasteiger partial charge >= 0.3 is 0 Å². The maximum absolute atomic E-state index is 12.4. The van der Waals surface area contributed by atoms with Gasteiger partial charge in [-0.25, -0.2) is 4.98 Å². The molecule has 1 atom stereocenters. The predicted octanol–water partition coefficient (Wildman–Crippen LogP) is 3.73. The van der Waals surface area contributed by atoms with Crippen LogP contribution in [0.3, 0.4) is 0 Å². The molecule has 1 aromatic heterocycles. The van der Waals surface area contributed by atoms with Gasteiger partial charge in [0.05, 0.1) is 11.0 Å². The Morgan fingerprint density at radius 3 is 2.74 bits per heavy atom. The standard InChI is InChI=1S/C19H25N3O/c1-13(2)22-17-8-4-3-7-16(17)20-18(22)15-6-5-11-21(12-15)19(23)14-9-10-14/h3-4,7-8,13-15H,5-6,9-12H2,1-2H3. The summed E-state index contributed by atoms with van der Waals surface area (Å²) in [6.45, 7) is 6.19. The van der Waals surface area contributed by atoms with Crippen molar-refractivity contribution < 1.29 is 4.79 Å². The van der Waals surface area contributed by atoms with Crippen molar-refractivity contribution in [3.05, 3.63) is 30.1 Å². The number of para-hydroxylation sites is 2. The summed E-state index contributed by atoms with van der Waals surface area (Å²) >= 11 is 0. The molecule has 4 rings (SSSR count). The van der Waals surface area contributed by atoms with Crippen molar-refractivity contribution in [1.29, 1.82) is 0 Å². The van der Waals surface area contributed by atoms with E-state index in [4.69, 9.17) is 4.98 Å². The zero-order valence-corrected chi connectivity index (χ0v) is 14.0.